The van der Waals surface area contributed by atoms with E-state index in [0.29, 0.717) is 6.61 Å². The number of rotatable bonds is 3. The summed E-state index contributed by atoms with van der Waals surface area (Å²) in [5, 5.41) is 0.743. The number of benzene rings is 2. The van der Waals surface area contributed by atoms with Gasteiger partial charge in [-0.2, -0.15) is 0 Å². The summed E-state index contributed by atoms with van der Waals surface area (Å²) < 4.78 is 5.85. The number of halogens is 1. The van der Waals surface area contributed by atoms with Crippen molar-refractivity contribution in [2.45, 2.75) is 20.5 Å². The van der Waals surface area contributed by atoms with Crippen LogP contribution in [-0.4, -0.2) is 0 Å². The quantitative estimate of drug-likeness (QED) is 0.773. The molecule has 0 spiro atoms. The second kappa shape index (κ2) is 5.24. The van der Waals surface area contributed by atoms with Crippen LogP contribution in [0.25, 0.3) is 0 Å². The van der Waals surface area contributed by atoms with Crippen LogP contribution in [0, 0.1) is 13.8 Å². The summed E-state index contributed by atoms with van der Waals surface area (Å²) in [6, 6.07) is 13.9. The lowest BCUT2D eigenvalue weighted by molar-refractivity contribution is 0.302. The van der Waals surface area contributed by atoms with Crippen LogP contribution in [0.5, 0.6) is 5.75 Å². The zero-order chi connectivity index (χ0) is 12.3. The van der Waals surface area contributed by atoms with E-state index in [1.54, 1.807) is 0 Å². The molecule has 0 bridgehead atoms. The third kappa shape index (κ3) is 3.01. The standard InChI is InChI=1S/C15H15ClO/c1-11-5-3-6-12(2)15(11)17-10-13-7-4-8-14(16)9-13/h3-9H,10H2,1-2H3. The molecule has 0 radical (unpaired) electrons. The summed E-state index contributed by atoms with van der Waals surface area (Å²) in [6.45, 7) is 4.66. The Morgan fingerprint density at radius 2 is 1.65 bits per heavy atom. The van der Waals surface area contributed by atoms with Crippen LogP contribution in [0.2, 0.25) is 5.02 Å². The van der Waals surface area contributed by atoms with Gasteiger partial charge in [-0.15, -0.1) is 0 Å². The van der Waals surface area contributed by atoms with Gasteiger partial charge in [-0.1, -0.05) is 41.9 Å². The van der Waals surface area contributed by atoms with Crippen molar-refractivity contribution in [3.8, 4) is 5.75 Å². The molecule has 0 atom stereocenters. The third-order valence-electron chi connectivity index (χ3n) is 2.68. The summed E-state index contributed by atoms with van der Waals surface area (Å²) in [7, 11) is 0. The largest absolute Gasteiger partial charge is 0.488 e. The normalized spacial score (nSPS) is 10.3. The van der Waals surface area contributed by atoms with Crippen LogP contribution in [-0.2, 0) is 6.61 Å². The first kappa shape index (κ1) is 12.0. The Kier molecular flexibility index (Phi) is 3.70. The van der Waals surface area contributed by atoms with Crippen molar-refractivity contribution in [1.29, 1.82) is 0 Å². The van der Waals surface area contributed by atoms with Gasteiger partial charge in [0.05, 0.1) is 0 Å². The van der Waals surface area contributed by atoms with Crippen LogP contribution in [0.1, 0.15) is 16.7 Å². The highest BCUT2D eigenvalue weighted by Crippen LogP contribution is 2.23. The van der Waals surface area contributed by atoms with Crippen LogP contribution >= 0.6 is 11.6 Å². The predicted molar refractivity (Wildman–Crippen MR) is 71.7 cm³/mol. The minimum absolute atomic E-state index is 0.548. The van der Waals surface area contributed by atoms with Crippen molar-refractivity contribution in [2.75, 3.05) is 0 Å². The third-order valence-corrected chi connectivity index (χ3v) is 2.92. The van der Waals surface area contributed by atoms with Gasteiger partial charge in [0.1, 0.15) is 12.4 Å². The van der Waals surface area contributed by atoms with Gasteiger partial charge in [0, 0.05) is 5.02 Å². The van der Waals surface area contributed by atoms with E-state index in [9.17, 15) is 0 Å². The van der Waals surface area contributed by atoms with E-state index < -0.39 is 0 Å². The van der Waals surface area contributed by atoms with Crippen LogP contribution in [0.3, 0.4) is 0 Å². The van der Waals surface area contributed by atoms with Gasteiger partial charge in [-0.3, -0.25) is 0 Å². The van der Waals surface area contributed by atoms with Crippen LogP contribution in [0.4, 0.5) is 0 Å². The van der Waals surface area contributed by atoms with Crippen molar-refractivity contribution in [1.82, 2.24) is 0 Å². The molecular weight excluding hydrogens is 232 g/mol. The van der Waals surface area contributed by atoms with Gasteiger partial charge >= 0.3 is 0 Å². The summed E-state index contributed by atoms with van der Waals surface area (Å²) in [5.74, 6) is 0.965. The van der Waals surface area contributed by atoms with Gasteiger partial charge in [-0.25, -0.2) is 0 Å². The molecule has 0 aliphatic heterocycles. The van der Waals surface area contributed by atoms with E-state index in [-0.39, 0.29) is 0 Å². The molecule has 0 saturated heterocycles. The Labute approximate surface area is 107 Å². The van der Waals surface area contributed by atoms with Crippen LogP contribution in [0.15, 0.2) is 42.5 Å². The van der Waals surface area contributed by atoms with Gasteiger partial charge in [0.15, 0.2) is 0 Å². The molecule has 2 aromatic carbocycles. The lowest BCUT2D eigenvalue weighted by atomic mass is 10.1. The molecule has 0 amide bonds. The Morgan fingerprint density at radius 3 is 2.29 bits per heavy atom. The molecule has 0 aromatic heterocycles. The average Bonchev–Trinajstić information content (AvgIpc) is 2.28. The van der Waals surface area contributed by atoms with E-state index in [1.807, 2.05) is 30.3 Å². The van der Waals surface area contributed by atoms with Gasteiger partial charge < -0.3 is 4.74 Å². The Morgan fingerprint density at radius 1 is 1.00 bits per heavy atom. The van der Waals surface area contributed by atoms with E-state index >= 15 is 0 Å². The molecule has 0 N–H and O–H groups in total. The van der Waals surface area contributed by atoms with Crippen molar-refractivity contribution < 1.29 is 4.74 Å². The van der Waals surface area contributed by atoms with Crippen molar-refractivity contribution in [2.24, 2.45) is 0 Å². The lowest BCUT2D eigenvalue weighted by Gasteiger charge is -2.12. The number of para-hydroxylation sites is 1. The smallest absolute Gasteiger partial charge is 0.125 e. The molecule has 0 unspecified atom stereocenters. The topological polar surface area (TPSA) is 9.23 Å². The molecule has 0 heterocycles. The Hall–Kier alpha value is -1.47. The molecule has 17 heavy (non-hydrogen) atoms. The minimum atomic E-state index is 0.548. The van der Waals surface area contributed by atoms with Crippen molar-refractivity contribution in [3.05, 3.63) is 64.2 Å². The first-order valence-electron chi connectivity index (χ1n) is 5.60. The highest BCUT2D eigenvalue weighted by atomic mass is 35.5. The number of hydrogen-bond donors (Lipinski definition) is 0. The first-order valence-corrected chi connectivity index (χ1v) is 5.98. The first-order chi connectivity index (χ1) is 8.16. The zero-order valence-electron chi connectivity index (χ0n) is 10.0. The second-order valence-electron chi connectivity index (χ2n) is 4.14. The van der Waals surface area contributed by atoms with Crippen molar-refractivity contribution in [3.63, 3.8) is 0 Å². The summed E-state index contributed by atoms with van der Waals surface area (Å²) in [4.78, 5) is 0. The second-order valence-corrected chi connectivity index (χ2v) is 4.58. The maximum Gasteiger partial charge on any atom is 0.125 e. The molecule has 88 valence electrons. The maximum absolute atomic E-state index is 5.93. The average molecular weight is 247 g/mol. The van der Waals surface area contributed by atoms with E-state index in [0.717, 1.165) is 27.5 Å². The molecule has 1 nitrogen and oxygen atoms in total. The fraction of sp³-hybridized carbons (Fsp3) is 0.200. The zero-order valence-corrected chi connectivity index (χ0v) is 10.8. The molecule has 0 fully saturated rings. The van der Waals surface area contributed by atoms with Crippen molar-refractivity contribution >= 4 is 11.6 Å². The molecule has 2 rings (SSSR count). The molecule has 2 aromatic rings. The van der Waals surface area contributed by atoms with E-state index in [1.165, 1.54) is 0 Å². The Balaban J connectivity index is 2.13. The minimum Gasteiger partial charge on any atom is -0.488 e. The highest BCUT2D eigenvalue weighted by Gasteiger charge is 2.03. The number of aryl methyl sites for hydroxylation is 2. The van der Waals surface area contributed by atoms with E-state index in [4.69, 9.17) is 16.3 Å². The van der Waals surface area contributed by atoms with Crippen LogP contribution < -0.4 is 4.74 Å². The van der Waals surface area contributed by atoms with E-state index in [2.05, 4.69) is 26.0 Å². The Bertz CT molecular complexity index is 500. The monoisotopic (exact) mass is 246 g/mol. The predicted octanol–water partition coefficient (Wildman–Crippen LogP) is 4.54. The molecule has 0 aliphatic carbocycles. The fourth-order valence-corrected chi connectivity index (χ4v) is 2.02. The van der Waals surface area contributed by atoms with Gasteiger partial charge in [-0.05, 0) is 42.7 Å². The molecular formula is C15H15ClO. The SMILES string of the molecule is Cc1cccc(C)c1OCc1cccc(Cl)c1. The number of ether oxygens (including phenoxy) is 1. The maximum atomic E-state index is 5.93. The fourth-order valence-electron chi connectivity index (χ4n) is 1.81. The van der Waals surface area contributed by atoms with Gasteiger partial charge in [0.2, 0.25) is 0 Å². The number of hydrogen-bond acceptors (Lipinski definition) is 1. The highest BCUT2D eigenvalue weighted by molar-refractivity contribution is 6.30. The molecule has 2 heteroatoms. The molecule has 0 saturated carbocycles. The lowest BCUT2D eigenvalue weighted by Crippen LogP contribution is -1.98. The summed E-state index contributed by atoms with van der Waals surface area (Å²) in [5.41, 5.74) is 3.40. The summed E-state index contributed by atoms with van der Waals surface area (Å²) in [6.07, 6.45) is 0. The summed E-state index contributed by atoms with van der Waals surface area (Å²) >= 11 is 5.93. The molecule has 0 aliphatic rings. The van der Waals surface area contributed by atoms with Gasteiger partial charge in [0.25, 0.3) is 0 Å².